The largest absolute Gasteiger partial charge is 0.492 e. The Morgan fingerprint density at radius 3 is 2.12 bits per heavy atom. The molecule has 1 aliphatic rings. The summed E-state index contributed by atoms with van der Waals surface area (Å²) >= 11 is 0. The van der Waals surface area contributed by atoms with Crippen LogP contribution in [0.4, 0.5) is 11.4 Å². The molecular weight excluding hydrogens is 452 g/mol. The Morgan fingerprint density at radius 2 is 1.47 bits per heavy atom. The number of hydrogen-bond donors (Lipinski definition) is 1. The van der Waals surface area contributed by atoms with Gasteiger partial charge in [-0.1, -0.05) is 42.5 Å². The van der Waals surface area contributed by atoms with Gasteiger partial charge in [0.2, 0.25) is 0 Å². The second-order valence-corrected chi connectivity index (χ2v) is 9.46. The molecule has 0 aliphatic carbocycles. The van der Waals surface area contributed by atoms with Crippen LogP contribution in [0.15, 0.2) is 71.6 Å². The molecule has 34 heavy (non-hydrogen) atoms. The van der Waals surface area contributed by atoms with E-state index >= 15 is 0 Å². The number of nitrogens with zero attached hydrogens (tertiary/aromatic N) is 1. The van der Waals surface area contributed by atoms with Crippen molar-refractivity contribution in [1.29, 1.82) is 0 Å². The van der Waals surface area contributed by atoms with Crippen LogP contribution in [0.2, 0.25) is 0 Å². The van der Waals surface area contributed by atoms with Crippen LogP contribution in [-0.4, -0.2) is 47.9 Å². The highest BCUT2D eigenvalue weighted by Gasteiger charge is 2.23. The summed E-state index contributed by atoms with van der Waals surface area (Å²) in [6.45, 7) is 7.33. The van der Waals surface area contributed by atoms with Gasteiger partial charge in [-0.25, -0.2) is 8.42 Å². The zero-order valence-corrected chi connectivity index (χ0v) is 20.3. The van der Waals surface area contributed by atoms with Crippen molar-refractivity contribution in [2.75, 3.05) is 49.1 Å². The van der Waals surface area contributed by atoms with E-state index in [1.807, 2.05) is 50.2 Å². The topological polar surface area (TPSA) is 77.1 Å². The third kappa shape index (κ3) is 5.46. The van der Waals surface area contributed by atoms with E-state index in [0.717, 1.165) is 29.9 Å². The Labute approximate surface area is 201 Å². The van der Waals surface area contributed by atoms with Crippen molar-refractivity contribution < 1.29 is 22.6 Å². The normalized spacial score (nSPS) is 14.0. The van der Waals surface area contributed by atoms with Gasteiger partial charge in [0.05, 0.1) is 42.7 Å². The van der Waals surface area contributed by atoms with Crippen molar-refractivity contribution >= 4 is 21.4 Å². The SMILES string of the molecule is CCOc1cc(N2CCOCC2)c(OCC)cc1NS(=O)(=O)c1ccc(-c2ccccc2)cc1. The molecule has 0 atom stereocenters. The van der Waals surface area contributed by atoms with Gasteiger partial charge >= 0.3 is 0 Å². The molecule has 1 fully saturated rings. The summed E-state index contributed by atoms with van der Waals surface area (Å²) in [6, 6.07) is 20.2. The maximum Gasteiger partial charge on any atom is 0.262 e. The molecule has 0 radical (unpaired) electrons. The molecular formula is C26H30N2O5S. The van der Waals surface area contributed by atoms with Crippen molar-refractivity contribution in [3.8, 4) is 22.6 Å². The molecule has 7 nitrogen and oxygen atoms in total. The van der Waals surface area contributed by atoms with E-state index in [1.54, 1.807) is 30.3 Å². The number of anilines is 2. The standard InChI is InChI=1S/C26H30N2O5S/c1-3-32-25-19-24(28-14-16-31-17-15-28)26(33-4-2)18-23(25)27-34(29,30)22-12-10-21(11-13-22)20-8-6-5-7-9-20/h5-13,18-19,27H,3-4,14-17H2,1-2H3. The Hall–Kier alpha value is -3.23. The van der Waals surface area contributed by atoms with Crippen LogP contribution in [0.3, 0.4) is 0 Å². The van der Waals surface area contributed by atoms with Crippen LogP contribution in [0.1, 0.15) is 13.8 Å². The van der Waals surface area contributed by atoms with Gasteiger partial charge in [-0.3, -0.25) is 4.72 Å². The number of ether oxygens (including phenoxy) is 3. The van der Waals surface area contributed by atoms with Crippen molar-refractivity contribution in [2.24, 2.45) is 0 Å². The Balaban J connectivity index is 1.65. The Bertz CT molecular complexity index is 1190. The van der Waals surface area contributed by atoms with Gasteiger partial charge in [0.25, 0.3) is 10.0 Å². The lowest BCUT2D eigenvalue weighted by atomic mass is 10.1. The number of benzene rings is 3. The molecule has 1 aliphatic heterocycles. The van der Waals surface area contributed by atoms with Gasteiger partial charge in [-0.05, 0) is 37.1 Å². The molecule has 1 N–H and O–H groups in total. The molecule has 0 saturated carbocycles. The summed E-state index contributed by atoms with van der Waals surface area (Å²) in [6.07, 6.45) is 0. The van der Waals surface area contributed by atoms with E-state index in [2.05, 4.69) is 9.62 Å². The molecule has 180 valence electrons. The highest BCUT2D eigenvalue weighted by Crippen LogP contribution is 2.40. The van der Waals surface area contributed by atoms with Crippen molar-refractivity contribution in [2.45, 2.75) is 18.7 Å². The predicted octanol–water partition coefficient (Wildman–Crippen LogP) is 4.79. The number of morpholine rings is 1. The second-order valence-electron chi connectivity index (χ2n) is 7.78. The maximum atomic E-state index is 13.2. The minimum atomic E-state index is -3.84. The monoisotopic (exact) mass is 482 g/mol. The van der Waals surface area contributed by atoms with E-state index in [0.29, 0.717) is 43.6 Å². The zero-order valence-electron chi connectivity index (χ0n) is 19.5. The molecule has 0 aromatic heterocycles. The Kier molecular flexibility index (Phi) is 7.59. The summed E-state index contributed by atoms with van der Waals surface area (Å²) < 4.78 is 46.3. The summed E-state index contributed by atoms with van der Waals surface area (Å²) in [4.78, 5) is 2.34. The van der Waals surface area contributed by atoms with Crippen LogP contribution in [0, 0.1) is 0 Å². The van der Waals surface area contributed by atoms with Crippen LogP contribution >= 0.6 is 0 Å². The predicted molar refractivity (Wildman–Crippen MR) is 134 cm³/mol. The van der Waals surface area contributed by atoms with E-state index < -0.39 is 10.0 Å². The number of hydrogen-bond acceptors (Lipinski definition) is 6. The van der Waals surface area contributed by atoms with E-state index in [4.69, 9.17) is 14.2 Å². The molecule has 0 bridgehead atoms. The summed E-state index contributed by atoms with van der Waals surface area (Å²) in [5, 5.41) is 0. The smallest absolute Gasteiger partial charge is 0.262 e. The first-order valence-corrected chi connectivity index (χ1v) is 12.9. The van der Waals surface area contributed by atoms with Gasteiger partial charge in [0.1, 0.15) is 11.5 Å². The lowest BCUT2D eigenvalue weighted by molar-refractivity contribution is 0.122. The lowest BCUT2D eigenvalue weighted by Gasteiger charge is -2.31. The first kappa shape index (κ1) is 23.9. The number of sulfonamides is 1. The van der Waals surface area contributed by atoms with Crippen LogP contribution in [0.25, 0.3) is 11.1 Å². The van der Waals surface area contributed by atoms with E-state index in [1.165, 1.54) is 0 Å². The molecule has 8 heteroatoms. The quantitative estimate of drug-likeness (QED) is 0.473. The zero-order chi connectivity index (χ0) is 24.0. The average molecular weight is 483 g/mol. The summed E-state index contributed by atoms with van der Waals surface area (Å²) in [5.41, 5.74) is 3.18. The van der Waals surface area contributed by atoms with Crippen molar-refractivity contribution in [1.82, 2.24) is 0 Å². The van der Waals surface area contributed by atoms with Crippen LogP contribution in [-0.2, 0) is 14.8 Å². The third-order valence-corrected chi connectivity index (χ3v) is 6.91. The molecule has 3 aromatic rings. The fourth-order valence-electron chi connectivity index (χ4n) is 3.89. The van der Waals surface area contributed by atoms with Gasteiger partial charge in [0, 0.05) is 25.2 Å². The average Bonchev–Trinajstić information content (AvgIpc) is 2.87. The van der Waals surface area contributed by atoms with Gasteiger partial charge in [-0.2, -0.15) is 0 Å². The molecule has 0 spiro atoms. The molecule has 3 aromatic carbocycles. The second kappa shape index (κ2) is 10.8. The molecule has 0 amide bonds. The molecule has 1 heterocycles. The fraction of sp³-hybridized carbons (Fsp3) is 0.308. The molecule has 4 rings (SSSR count). The van der Waals surface area contributed by atoms with Crippen molar-refractivity contribution in [3.05, 3.63) is 66.7 Å². The first-order valence-electron chi connectivity index (χ1n) is 11.5. The van der Waals surface area contributed by atoms with Crippen LogP contribution in [0.5, 0.6) is 11.5 Å². The third-order valence-electron chi connectivity index (χ3n) is 5.53. The highest BCUT2D eigenvalue weighted by atomic mass is 32.2. The van der Waals surface area contributed by atoms with Gasteiger partial charge in [0.15, 0.2) is 0 Å². The lowest BCUT2D eigenvalue weighted by Crippen LogP contribution is -2.36. The van der Waals surface area contributed by atoms with Crippen LogP contribution < -0.4 is 19.1 Å². The summed E-state index contributed by atoms with van der Waals surface area (Å²) in [5.74, 6) is 1.06. The van der Waals surface area contributed by atoms with Crippen molar-refractivity contribution in [3.63, 3.8) is 0 Å². The fourth-order valence-corrected chi connectivity index (χ4v) is 4.95. The Morgan fingerprint density at radius 1 is 0.853 bits per heavy atom. The molecule has 0 unspecified atom stereocenters. The summed E-state index contributed by atoms with van der Waals surface area (Å²) in [7, 11) is -3.84. The van der Waals surface area contributed by atoms with E-state index in [9.17, 15) is 8.42 Å². The number of nitrogens with one attached hydrogen (secondary N) is 1. The number of rotatable bonds is 9. The van der Waals surface area contributed by atoms with Gasteiger partial charge < -0.3 is 19.1 Å². The van der Waals surface area contributed by atoms with E-state index in [-0.39, 0.29) is 4.90 Å². The minimum absolute atomic E-state index is 0.171. The van der Waals surface area contributed by atoms with Gasteiger partial charge in [-0.15, -0.1) is 0 Å². The first-order chi connectivity index (χ1) is 16.5. The maximum absolute atomic E-state index is 13.2. The highest BCUT2D eigenvalue weighted by molar-refractivity contribution is 7.92. The minimum Gasteiger partial charge on any atom is -0.492 e. The molecule has 1 saturated heterocycles.